The first-order valence-corrected chi connectivity index (χ1v) is 6.00. The summed E-state index contributed by atoms with van der Waals surface area (Å²) in [5.74, 6) is 4.89. The summed E-state index contributed by atoms with van der Waals surface area (Å²) < 4.78 is 0. The molecule has 0 unspecified atom stereocenters. The van der Waals surface area contributed by atoms with Gasteiger partial charge in [-0.15, -0.1) is 13.2 Å². The lowest BCUT2D eigenvalue weighted by Crippen LogP contribution is -1.94. The standard InChI is InChI=1S/C14H8ClNO2.C2H4/c15-13-8-5-11(9-16-13)2-1-10-3-6-12(7-4-10)14(17)18;1-2/h3-9H,(H,17,18);1-2H2. The number of carbonyl (C=O) groups is 1. The molecule has 0 atom stereocenters. The summed E-state index contributed by atoms with van der Waals surface area (Å²) in [5.41, 5.74) is 1.74. The van der Waals surface area contributed by atoms with Crippen molar-refractivity contribution in [1.29, 1.82) is 0 Å². The Labute approximate surface area is 122 Å². The first-order chi connectivity index (χ1) is 9.65. The largest absolute Gasteiger partial charge is 0.478 e. The number of halogens is 1. The minimum absolute atomic E-state index is 0.244. The maximum Gasteiger partial charge on any atom is 0.335 e. The van der Waals surface area contributed by atoms with Crippen LogP contribution < -0.4 is 0 Å². The molecule has 1 aromatic heterocycles. The lowest BCUT2D eigenvalue weighted by Gasteiger charge is -1.94. The van der Waals surface area contributed by atoms with E-state index in [0.717, 1.165) is 11.1 Å². The molecule has 1 N–H and O–H groups in total. The molecule has 0 amide bonds. The van der Waals surface area contributed by atoms with Gasteiger partial charge in [-0.3, -0.25) is 0 Å². The minimum Gasteiger partial charge on any atom is -0.478 e. The summed E-state index contributed by atoms with van der Waals surface area (Å²) in [6.07, 6.45) is 1.58. The van der Waals surface area contributed by atoms with Crippen LogP contribution in [-0.2, 0) is 0 Å². The molecule has 3 nitrogen and oxygen atoms in total. The van der Waals surface area contributed by atoms with Crippen LogP contribution in [0.1, 0.15) is 21.5 Å². The van der Waals surface area contributed by atoms with E-state index in [9.17, 15) is 4.79 Å². The fraction of sp³-hybridized carbons (Fsp3) is 0. The molecule has 4 heteroatoms. The molecule has 1 aromatic carbocycles. The molecule has 0 spiro atoms. The van der Waals surface area contributed by atoms with Crippen LogP contribution in [0.5, 0.6) is 0 Å². The Hall–Kier alpha value is -2.57. The third-order valence-electron chi connectivity index (χ3n) is 2.21. The van der Waals surface area contributed by atoms with E-state index < -0.39 is 5.97 Å². The number of carboxylic acids is 1. The van der Waals surface area contributed by atoms with Crippen molar-refractivity contribution in [3.8, 4) is 11.8 Å². The Morgan fingerprint density at radius 1 is 1.05 bits per heavy atom. The summed E-state index contributed by atoms with van der Waals surface area (Å²) in [7, 11) is 0. The van der Waals surface area contributed by atoms with Gasteiger partial charge in [0.2, 0.25) is 0 Å². The lowest BCUT2D eigenvalue weighted by atomic mass is 10.1. The minimum atomic E-state index is -0.948. The molecule has 1 heterocycles. The Balaban J connectivity index is 0.000000956. The molecule has 0 aliphatic heterocycles. The normalized spacial score (nSPS) is 8.65. The average Bonchev–Trinajstić information content (AvgIpc) is 2.49. The van der Waals surface area contributed by atoms with Crippen LogP contribution in [0.3, 0.4) is 0 Å². The number of rotatable bonds is 1. The van der Waals surface area contributed by atoms with Crippen LogP contribution in [-0.4, -0.2) is 16.1 Å². The zero-order valence-corrected chi connectivity index (χ0v) is 11.4. The Kier molecular flexibility index (Phi) is 6.02. The number of nitrogens with zero attached hydrogens (tertiary/aromatic N) is 1. The van der Waals surface area contributed by atoms with Crippen LogP contribution in [0.2, 0.25) is 5.15 Å². The maximum absolute atomic E-state index is 10.7. The van der Waals surface area contributed by atoms with Crippen molar-refractivity contribution in [3.63, 3.8) is 0 Å². The van der Waals surface area contributed by atoms with Gasteiger partial charge in [0, 0.05) is 17.3 Å². The molecule has 100 valence electrons. The van der Waals surface area contributed by atoms with Crippen LogP contribution in [0.4, 0.5) is 0 Å². The van der Waals surface area contributed by atoms with Gasteiger partial charge in [-0.25, -0.2) is 9.78 Å². The van der Waals surface area contributed by atoms with Crippen molar-refractivity contribution in [3.05, 3.63) is 77.6 Å². The van der Waals surface area contributed by atoms with Crippen molar-refractivity contribution in [2.75, 3.05) is 0 Å². The van der Waals surface area contributed by atoms with E-state index in [1.54, 1.807) is 30.5 Å². The number of aromatic nitrogens is 1. The number of hydrogen-bond donors (Lipinski definition) is 1. The van der Waals surface area contributed by atoms with E-state index in [2.05, 4.69) is 30.0 Å². The predicted molar refractivity (Wildman–Crippen MR) is 79.9 cm³/mol. The fourth-order valence-corrected chi connectivity index (χ4v) is 1.40. The van der Waals surface area contributed by atoms with Crippen LogP contribution in [0.25, 0.3) is 0 Å². The quantitative estimate of drug-likeness (QED) is 0.494. The first kappa shape index (κ1) is 15.5. The molecular weight excluding hydrogens is 274 g/mol. The zero-order chi connectivity index (χ0) is 15.0. The third-order valence-corrected chi connectivity index (χ3v) is 2.43. The highest BCUT2D eigenvalue weighted by Gasteiger charge is 1.99. The molecule has 0 aliphatic rings. The second-order valence-corrected chi connectivity index (χ2v) is 3.89. The van der Waals surface area contributed by atoms with Crippen LogP contribution in [0, 0.1) is 11.8 Å². The lowest BCUT2D eigenvalue weighted by molar-refractivity contribution is 0.0697. The van der Waals surface area contributed by atoms with Crippen molar-refractivity contribution in [1.82, 2.24) is 4.98 Å². The Bertz CT molecular complexity index is 637. The maximum atomic E-state index is 10.7. The molecule has 20 heavy (non-hydrogen) atoms. The highest BCUT2D eigenvalue weighted by atomic mass is 35.5. The zero-order valence-electron chi connectivity index (χ0n) is 10.6. The monoisotopic (exact) mass is 285 g/mol. The van der Waals surface area contributed by atoms with Gasteiger partial charge in [0.15, 0.2) is 0 Å². The fourth-order valence-electron chi connectivity index (χ4n) is 1.29. The molecule has 0 aliphatic carbocycles. The molecule has 2 aromatic rings. The van der Waals surface area contributed by atoms with Gasteiger partial charge < -0.3 is 5.11 Å². The van der Waals surface area contributed by atoms with E-state index in [4.69, 9.17) is 16.7 Å². The molecule has 0 radical (unpaired) electrons. The topological polar surface area (TPSA) is 50.2 Å². The summed E-state index contributed by atoms with van der Waals surface area (Å²) in [5, 5.41) is 9.18. The average molecular weight is 286 g/mol. The molecule has 0 saturated carbocycles. The van der Waals surface area contributed by atoms with Crippen molar-refractivity contribution >= 4 is 17.6 Å². The predicted octanol–water partition coefficient (Wildman–Crippen LogP) is 3.64. The highest BCUT2D eigenvalue weighted by molar-refractivity contribution is 6.29. The second kappa shape index (κ2) is 7.78. The number of aromatic carboxylic acids is 1. The van der Waals surface area contributed by atoms with E-state index >= 15 is 0 Å². The first-order valence-electron chi connectivity index (χ1n) is 5.62. The molecule has 0 saturated heterocycles. The van der Waals surface area contributed by atoms with Gasteiger partial charge >= 0.3 is 5.97 Å². The highest BCUT2D eigenvalue weighted by Crippen LogP contribution is 2.05. The number of pyridine rings is 1. The number of carboxylic acid groups (broad SMARTS) is 1. The SMILES string of the molecule is C=C.O=C(O)c1ccc(C#Cc2ccc(Cl)nc2)cc1. The molecular formula is C16H12ClNO2. The van der Waals surface area contributed by atoms with E-state index in [1.807, 2.05) is 0 Å². The summed E-state index contributed by atoms with van der Waals surface area (Å²) in [4.78, 5) is 14.6. The number of benzene rings is 1. The van der Waals surface area contributed by atoms with Gasteiger partial charge in [0.1, 0.15) is 5.15 Å². The van der Waals surface area contributed by atoms with Gasteiger partial charge in [0.25, 0.3) is 0 Å². The van der Waals surface area contributed by atoms with Crippen LogP contribution >= 0.6 is 11.6 Å². The third kappa shape index (κ3) is 4.60. The number of hydrogen-bond acceptors (Lipinski definition) is 2. The van der Waals surface area contributed by atoms with E-state index in [1.165, 1.54) is 12.1 Å². The van der Waals surface area contributed by atoms with Gasteiger partial charge in [-0.05, 0) is 36.4 Å². The van der Waals surface area contributed by atoms with E-state index in [0.29, 0.717) is 5.15 Å². The summed E-state index contributed by atoms with van der Waals surface area (Å²) in [6, 6.07) is 9.81. The van der Waals surface area contributed by atoms with Gasteiger partial charge in [-0.2, -0.15) is 0 Å². The summed E-state index contributed by atoms with van der Waals surface area (Å²) in [6.45, 7) is 6.00. The second-order valence-electron chi connectivity index (χ2n) is 3.50. The molecule has 2 rings (SSSR count). The Morgan fingerprint density at radius 2 is 1.60 bits per heavy atom. The van der Waals surface area contributed by atoms with Crippen molar-refractivity contribution in [2.45, 2.75) is 0 Å². The van der Waals surface area contributed by atoms with Crippen molar-refractivity contribution in [2.24, 2.45) is 0 Å². The molecule has 0 bridgehead atoms. The van der Waals surface area contributed by atoms with Crippen LogP contribution in [0.15, 0.2) is 55.8 Å². The van der Waals surface area contributed by atoms with Gasteiger partial charge in [0.05, 0.1) is 5.56 Å². The smallest absolute Gasteiger partial charge is 0.335 e. The Morgan fingerprint density at radius 3 is 2.10 bits per heavy atom. The van der Waals surface area contributed by atoms with Crippen molar-refractivity contribution < 1.29 is 9.90 Å². The van der Waals surface area contributed by atoms with E-state index in [-0.39, 0.29) is 5.56 Å². The summed E-state index contributed by atoms with van der Waals surface area (Å²) >= 11 is 5.66. The molecule has 0 fully saturated rings. The van der Waals surface area contributed by atoms with Gasteiger partial charge in [-0.1, -0.05) is 23.4 Å².